The quantitative estimate of drug-likeness (QED) is 0.0774. The van der Waals surface area contributed by atoms with E-state index in [0.29, 0.717) is 48.0 Å². The topological polar surface area (TPSA) is 158 Å². The summed E-state index contributed by atoms with van der Waals surface area (Å²) in [4.78, 5) is 44.3. The van der Waals surface area contributed by atoms with Crippen molar-refractivity contribution >= 4 is 34.3 Å². The van der Waals surface area contributed by atoms with E-state index in [9.17, 15) is 29.7 Å². The fraction of sp³-hybridized carbons (Fsp3) is 0.310. The summed E-state index contributed by atoms with van der Waals surface area (Å²) in [5.74, 6) is -0.150. The second-order valence-electron chi connectivity index (χ2n) is 14.2. The molecule has 6 N–H and O–H groups in total. The van der Waals surface area contributed by atoms with Crippen LogP contribution in [0.1, 0.15) is 54.9 Å². The normalized spacial score (nSPS) is 17.8. The summed E-state index contributed by atoms with van der Waals surface area (Å²) in [7, 11) is 0. The number of carbonyl (C=O) groups is 2. The molecule has 11 nitrogen and oxygen atoms in total. The Morgan fingerprint density at radius 1 is 0.873 bits per heavy atom. The van der Waals surface area contributed by atoms with Crippen LogP contribution in [0.25, 0.3) is 22.0 Å². The molecule has 13 heteroatoms. The summed E-state index contributed by atoms with van der Waals surface area (Å²) in [6.45, 7) is 3.47. The molecule has 3 saturated heterocycles. The number of aryl methyl sites for hydroxylation is 1. The van der Waals surface area contributed by atoms with E-state index in [0.717, 1.165) is 66.8 Å². The highest BCUT2D eigenvalue weighted by molar-refractivity contribution is 5.95. The number of aromatic hydroxyl groups is 1. The van der Waals surface area contributed by atoms with Crippen molar-refractivity contribution in [1.82, 2.24) is 15.2 Å². The number of amides is 2. The van der Waals surface area contributed by atoms with Gasteiger partial charge in [-0.15, -0.1) is 0 Å². The third-order valence-corrected chi connectivity index (χ3v) is 10.8. The van der Waals surface area contributed by atoms with Gasteiger partial charge in [0.1, 0.15) is 5.75 Å². The maximum absolute atomic E-state index is 13.0. The number of aliphatic hydroxyl groups is 1. The number of fused-ring (bicyclic) bond motifs is 4. The van der Waals surface area contributed by atoms with Crippen LogP contribution in [0.3, 0.4) is 0 Å². The molecule has 4 aromatic carbocycles. The first-order chi connectivity index (χ1) is 25.7. The molecule has 0 spiro atoms. The molecule has 2 bridgehead atoms. The number of rotatable bonds is 13. The van der Waals surface area contributed by atoms with E-state index in [1.165, 1.54) is 12.1 Å². The number of phenols is 1. The Kier molecular flexibility index (Phi) is 13.0. The van der Waals surface area contributed by atoms with Gasteiger partial charge >= 0.3 is 6.09 Å². The number of aliphatic hydroxyl groups excluding tert-OH is 1. The number of piperidine rings is 3. The number of anilines is 2. The smallest absolute Gasteiger partial charge is 0.412 e. The summed E-state index contributed by atoms with van der Waals surface area (Å²) in [6, 6.07) is 29.6. The number of benzene rings is 4. The van der Waals surface area contributed by atoms with Crippen LogP contribution < -0.4 is 21.1 Å². The number of nitrogens with zero attached hydrogens (tertiary/aromatic N) is 2. The SMILES string of the molecule is F.F.O=C(CCCc1ccc(-c2ccccc2)c(N(C(=O)O)C23CCN(CC2)CC3)c1)Nc1ccc(CNC[C@@H](O)c2ccc(O)c3[nH]c(=O)ccc23)cc1. The van der Waals surface area contributed by atoms with Gasteiger partial charge in [-0.05, 0) is 84.7 Å². The van der Waals surface area contributed by atoms with Crippen molar-refractivity contribution in [3.63, 3.8) is 0 Å². The lowest BCUT2D eigenvalue weighted by molar-refractivity contribution is -0.116. The highest BCUT2D eigenvalue weighted by atomic mass is 19.0. The van der Waals surface area contributed by atoms with Gasteiger partial charge < -0.3 is 35.8 Å². The molecule has 5 aromatic rings. The van der Waals surface area contributed by atoms with Gasteiger partial charge in [0.2, 0.25) is 11.5 Å². The van der Waals surface area contributed by atoms with Crippen molar-refractivity contribution < 1.29 is 34.3 Å². The van der Waals surface area contributed by atoms with Crippen molar-refractivity contribution in [2.75, 3.05) is 36.4 Å². The molecule has 290 valence electrons. The van der Waals surface area contributed by atoms with Gasteiger partial charge in [0.15, 0.2) is 0 Å². The third kappa shape index (κ3) is 9.02. The zero-order chi connectivity index (χ0) is 37.0. The molecular formula is C42H47F2N5O6. The maximum atomic E-state index is 13.0. The number of carboxylic acid groups (broad SMARTS) is 1. The first-order valence-corrected chi connectivity index (χ1v) is 18.3. The molecule has 55 heavy (non-hydrogen) atoms. The molecule has 0 saturated carbocycles. The Labute approximate surface area is 317 Å². The van der Waals surface area contributed by atoms with Gasteiger partial charge in [0.05, 0.1) is 22.8 Å². The lowest BCUT2D eigenvalue weighted by Gasteiger charge is -2.53. The molecule has 4 heterocycles. The van der Waals surface area contributed by atoms with Crippen molar-refractivity contribution in [1.29, 1.82) is 0 Å². The van der Waals surface area contributed by atoms with Gasteiger partial charge in [-0.2, -0.15) is 0 Å². The van der Waals surface area contributed by atoms with Crippen LogP contribution in [0.15, 0.2) is 102 Å². The lowest BCUT2D eigenvalue weighted by atomic mass is 9.78. The van der Waals surface area contributed by atoms with E-state index in [1.807, 2.05) is 72.8 Å². The largest absolute Gasteiger partial charge is 0.506 e. The Morgan fingerprint density at radius 3 is 2.25 bits per heavy atom. The minimum atomic E-state index is -0.921. The van der Waals surface area contributed by atoms with E-state index in [1.54, 1.807) is 17.0 Å². The van der Waals surface area contributed by atoms with Crippen molar-refractivity contribution in [3.8, 4) is 16.9 Å². The second-order valence-corrected chi connectivity index (χ2v) is 14.2. The zero-order valence-electron chi connectivity index (χ0n) is 30.4. The number of hydrogen-bond donors (Lipinski definition) is 6. The number of aromatic nitrogens is 1. The Morgan fingerprint density at radius 2 is 1.56 bits per heavy atom. The van der Waals surface area contributed by atoms with Gasteiger partial charge in [-0.1, -0.05) is 60.7 Å². The lowest BCUT2D eigenvalue weighted by Crippen LogP contribution is -2.62. The second kappa shape index (κ2) is 17.7. The molecule has 1 aromatic heterocycles. The number of H-pyrrole nitrogens is 1. The van der Waals surface area contributed by atoms with Crippen LogP contribution in [-0.2, 0) is 17.8 Å². The van der Waals surface area contributed by atoms with Gasteiger partial charge in [-0.25, -0.2) is 4.79 Å². The summed E-state index contributed by atoms with van der Waals surface area (Å²) >= 11 is 0. The average Bonchev–Trinajstić information content (AvgIpc) is 3.17. The molecule has 1 atom stereocenters. The van der Waals surface area contributed by atoms with E-state index in [-0.39, 0.29) is 33.2 Å². The molecule has 8 rings (SSSR count). The van der Waals surface area contributed by atoms with Crippen molar-refractivity contribution in [3.05, 3.63) is 124 Å². The van der Waals surface area contributed by atoms with Gasteiger partial charge in [0, 0.05) is 61.8 Å². The predicted octanol–water partition coefficient (Wildman–Crippen LogP) is 6.71. The number of halogens is 2. The maximum Gasteiger partial charge on any atom is 0.412 e. The Balaban J connectivity index is 0.00000290. The van der Waals surface area contributed by atoms with E-state index >= 15 is 0 Å². The van der Waals surface area contributed by atoms with Crippen LogP contribution in [0, 0.1) is 0 Å². The summed E-state index contributed by atoms with van der Waals surface area (Å²) < 4.78 is 0. The summed E-state index contributed by atoms with van der Waals surface area (Å²) in [6.07, 6.45) is 2.25. The number of nitrogens with one attached hydrogen (secondary N) is 3. The van der Waals surface area contributed by atoms with Crippen molar-refractivity contribution in [2.45, 2.75) is 56.7 Å². The highest BCUT2D eigenvalue weighted by Crippen LogP contribution is 2.44. The minimum absolute atomic E-state index is 0. The van der Waals surface area contributed by atoms with Crippen LogP contribution in [-0.4, -0.2) is 68.9 Å². The summed E-state index contributed by atoms with van der Waals surface area (Å²) in [5.41, 5.74) is 5.39. The first kappa shape index (κ1) is 40.6. The monoisotopic (exact) mass is 755 g/mol. The van der Waals surface area contributed by atoms with Gasteiger partial charge in [0.25, 0.3) is 0 Å². The molecular weight excluding hydrogens is 708 g/mol. The van der Waals surface area contributed by atoms with E-state index in [2.05, 4.69) is 20.5 Å². The third-order valence-electron chi connectivity index (χ3n) is 10.8. The Hall–Kier alpha value is -5.63. The number of aromatic amines is 1. The molecule has 3 aliphatic heterocycles. The van der Waals surface area contributed by atoms with Crippen LogP contribution in [0.2, 0.25) is 0 Å². The first-order valence-electron chi connectivity index (χ1n) is 18.3. The number of phenolic OH excluding ortho intramolecular Hbond substituents is 1. The van der Waals surface area contributed by atoms with Gasteiger partial charge in [-0.3, -0.25) is 23.9 Å². The molecule has 3 fully saturated rings. The highest BCUT2D eigenvalue weighted by Gasteiger charge is 2.47. The minimum Gasteiger partial charge on any atom is -0.506 e. The number of hydrogen-bond acceptors (Lipinski definition) is 7. The van der Waals surface area contributed by atoms with Crippen LogP contribution in [0.4, 0.5) is 25.6 Å². The van der Waals surface area contributed by atoms with Crippen molar-refractivity contribution in [2.24, 2.45) is 0 Å². The number of pyridine rings is 1. The molecule has 2 amide bonds. The van der Waals surface area contributed by atoms with Crippen LogP contribution >= 0.6 is 0 Å². The molecule has 0 unspecified atom stereocenters. The fourth-order valence-electron chi connectivity index (χ4n) is 7.88. The van der Waals surface area contributed by atoms with E-state index < -0.39 is 17.7 Å². The predicted molar refractivity (Wildman–Crippen MR) is 211 cm³/mol. The van der Waals surface area contributed by atoms with Crippen LogP contribution in [0.5, 0.6) is 5.75 Å². The molecule has 3 aliphatic rings. The number of carbonyl (C=O) groups excluding carboxylic acids is 1. The summed E-state index contributed by atoms with van der Waals surface area (Å²) in [5, 5.41) is 38.4. The average molecular weight is 756 g/mol. The van der Waals surface area contributed by atoms with E-state index in [4.69, 9.17) is 0 Å². The Bertz CT molecular complexity index is 2140. The molecule has 0 aliphatic carbocycles. The standard InChI is InChI=1S/C42H45N5O6.2FH/c48-36-17-15-33(34-16-18-39(51)45-40(34)36)37(49)27-43-26-29-9-12-31(13-10-29)44-38(50)8-4-5-28-11-14-32(30-6-2-1-3-7-30)35(25-28)47(41(52)53)42-19-22-46(23-20-42)24-21-42;;/h1-3,6-7,9-18,25,37,43,48-49H,4-5,8,19-24,26-27H2,(H,44,50)(H,45,51)(H,52,53);2*1H/t37-;;/m1../s1. The molecule has 0 radical (unpaired) electrons. The zero-order valence-corrected chi connectivity index (χ0v) is 30.4. The fourth-order valence-corrected chi connectivity index (χ4v) is 7.88.